The van der Waals surface area contributed by atoms with Crippen molar-refractivity contribution in [1.29, 1.82) is 0 Å². The van der Waals surface area contributed by atoms with Crippen molar-refractivity contribution in [2.45, 2.75) is 12.8 Å². The van der Waals surface area contributed by atoms with Crippen molar-refractivity contribution >= 4 is 0 Å². The zero-order valence-electron chi connectivity index (χ0n) is 6.58. The fraction of sp³-hybridized carbons (Fsp3) is 0.875. The maximum Gasteiger partial charge on any atom is 0.266 e. The molecule has 0 spiro atoms. The first-order valence-corrected chi connectivity index (χ1v) is 3.88. The first-order chi connectivity index (χ1) is 4.83. The van der Waals surface area contributed by atoms with E-state index in [9.17, 15) is 0 Å². The zero-order valence-corrected chi connectivity index (χ0v) is 6.58. The van der Waals surface area contributed by atoms with Gasteiger partial charge >= 0.3 is 0 Å². The molecule has 0 atom stereocenters. The van der Waals surface area contributed by atoms with Crippen LogP contribution >= 0.6 is 0 Å². The van der Waals surface area contributed by atoms with Gasteiger partial charge in [0, 0.05) is 5.92 Å². The van der Waals surface area contributed by atoms with E-state index in [0.29, 0.717) is 0 Å². The Kier molecular flexibility index (Phi) is 2.70. The lowest BCUT2D eigenvalue weighted by molar-refractivity contribution is 0.228. The van der Waals surface area contributed by atoms with E-state index in [0.717, 1.165) is 12.5 Å². The van der Waals surface area contributed by atoms with Crippen molar-refractivity contribution in [1.82, 2.24) is 4.90 Å². The highest BCUT2D eigenvalue weighted by Crippen LogP contribution is 2.15. The van der Waals surface area contributed by atoms with E-state index in [1.807, 2.05) is 0 Å². The highest BCUT2D eigenvalue weighted by Gasteiger charge is 2.19. The molecule has 56 valence electrons. The molecule has 1 aliphatic rings. The minimum absolute atomic E-state index is 0.751. The fourth-order valence-electron chi connectivity index (χ4n) is 1.39. The Labute approximate surface area is 62.7 Å². The van der Waals surface area contributed by atoms with E-state index < -0.39 is 0 Å². The molecule has 10 heavy (non-hydrogen) atoms. The monoisotopic (exact) mass is 139 g/mol. The van der Waals surface area contributed by atoms with Gasteiger partial charge in [0.2, 0.25) is 0 Å². The van der Waals surface area contributed by atoms with Gasteiger partial charge in [-0.2, -0.15) is 0 Å². The molecule has 2 heteroatoms. The third-order valence-corrected chi connectivity index (χ3v) is 2.20. The van der Waals surface area contributed by atoms with Crippen LogP contribution in [0, 0.1) is 12.5 Å². The summed E-state index contributed by atoms with van der Waals surface area (Å²) in [6.45, 7) is 8.38. The van der Waals surface area contributed by atoms with Crippen LogP contribution < -0.4 is 0 Å². The predicted octanol–water partition coefficient (Wildman–Crippen LogP) is 1.29. The summed E-state index contributed by atoms with van der Waals surface area (Å²) in [6, 6.07) is 0. The van der Waals surface area contributed by atoms with Gasteiger partial charge in [0.1, 0.15) is 0 Å². The number of hydrogen-bond acceptors (Lipinski definition) is 1. The lowest BCUT2D eigenvalue weighted by Crippen LogP contribution is -2.30. The van der Waals surface area contributed by atoms with E-state index in [2.05, 4.69) is 16.8 Å². The van der Waals surface area contributed by atoms with E-state index in [4.69, 9.17) is 6.57 Å². The highest BCUT2D eigenvalue weighted by molar-refractivity contribution is 4.78. The maximum atomic E-state index is 5.11. The Morgan fingerprint density at radius 2 is 2.10 bits per heavy atom. The molecule has 0 aromatic rings. The lowest BCUT2D eigenvalue weighted by Gasteiger charge is -2.25. The van der Waals surface area contributed by atoms with Crippen LogP contribution in [0.2, 0.25) is 0 Å². The summed E-state index contributed by atoms with van der Waals surface area (Å²) in [6.07, 6.45) is 2.52. The summed E-state index contributed by atoms with van der Waals surface area (Å²) in [5.41, 5.74) is 0. The molecule has 1 fully saturated rings. The smallest absolute Gasteiger partial charge is 0.266 e. The molecule has 0 bridgehead atoms. The summed E-state index contributed by atoms with van der Waals surface area (Å²) in [7, 11) is 2.16. The van der Waals surface area contributed by atoms with Crippen molar-refractivity contribution in [3.05, 3.63) is 4.85 Å². The molecule has 1 heterocycles. The summed E-state index contributed by atoms with van der Waals surface area (Å²) in [5, 5.41) is 0. The van der Waals surface area contributed by atoms with Crippen LogP contribution in [0.25, 0.3) is 4.85 Å². The summed E-state index contributed by atoms with van der Waals surface area (Å²) < 4.78 is 0. The Bertz CT molecular complexity index is 129. The molecule has 1 aliphatic heterocycles. The molecule has 0 N–H and O–H groups in total. The van der Waals surface area contributed by atoms with Crippen molar-refractivity contribution in [3.63, 3.8) is 0 Å². The second kappa shape index (κ2) is 3.58. The molecule has 0 aromatic carbocycles. The molecule has 0 aliphatic carbocycles. The van der Waals surface area contributed by atoms with Gasteiger partial charge in [0.25, 0.3) is 13.1 Å². The van der Waals surface area contributed by atoms with Gasteiger partial charge in [0.05, 0.1) is 0 Å². The number of rotatable bonds is 1. The number of likely N-dealkylation sites (tertiary alicyclic amines) is 1. The average Bonchev–Trinajstić information content (AvgIpc) is 1.95. The molecule has 1 rings (SSSR count). The van der Waals surface area contributed by atoms with E-state index >= 15 is 0 Å². The minimum Gasteiger partial charge on any atom is -0.306 e. The topological polar surface area (TPSA) is 7.60 Å². The van der Waals surface area contributed by atoms with Gasteiger partial charge in [-0.25, -0.2) is 0 Å². The minimum atomic E-state index is 0.751. The fourth-order valence-corrected chi connectivity index (χ4v) is 1.39. The van der Waals surface area contributed by atoms with Crippen LogP contribution in [0.4, 0.5) is 0 Å². The van der Waals surface area contributed by atoms with Crippen molar-refractivity contribution in [2.75, 3.05) is 26.7 Å². The van der Waals surface area contributed by atoms with Gasteiger partial charge in [-0.3, -0.25) is 0 Å². The lowest BCUT2D eigenvalue weighted by atomic mass is 9.98. The summed E-state index contributed by atoms with van der Waals surface area (Å²) in [5.74, 6) is 0.751. The molecule has 1 saturated heterocycles. The van der Waals surface area contributed by atoms with Crippen LogP contribution in [0.5, 0.6) is 0 Å². The summed E-state index contributed by atoms with van der Waals surface area (Å²) >= 11 is 0. The third kappa shape index (κ3) is 2.00. The molecule has 0 aromatic heterocycles. The van der Waals surface area contributed by atoms with E-state index in [1.165, 1.54) is 25.9 Å². The van der Waals surface area contributed by atoms with Crippen molar-refractivity contribution in [3.8, 4) is 6.57 Å². The number of hydrogen-bond donors (Lipinski definition) is 0. The van der Waals surface area contributed by atoms with E-state index in [1.54, 1.807) is 0 Å². The van der Waals surface area contributed by atoms with Gasteiger partial charge in [-0.1, -0.05) is 4.85 Å². The first kappa shape index (κ1) is 7.56. The van der Waals surface area contributed by atoms with Crippen molar-refractivity contribution in [2.24, 2.45) is 5.92 Å². The molecule has 0 saturated carbocycles. The summed E-state index contributed by atoms with van der Waals surface area (Å²) in [4.78, 5) is 6.02. The number of nitrogens with zero attached hydrogens (tertiary/aromatic N) is 2. The van der Waals surface area contributed by atoms with Gasteiger partial charge in [0.15, 0.2) is 0 Å². The van der Waals surface area contributed by atoms with Crippen LogP contribution in [0.1, 0.15) is 12.8 Å². The normalized spacial score (nSPS) is 22.4. The molecule has 0 amide bonds. The molecular weight excluding hydrogens is 124 g/mol. The maximum absolute atomic E-state index is 5.11. The van der Waals surface area contributed by atoms with E-state index in [-0.39, 0.29) is 0 Å². The average molecular weight is 139 g/mol. The Hall–Kier alpha value is -0.550. The first-order valence-electron chi connectivity index (χ1n) is 3.88. The van der Waals surface area contributed by atoms with Gasteiger partial charge in [-0.05, 0) is 33.0 Å². The number of piperidine rings is 1. The van der Waals surface area contributed by atoms with Crippen LogP contribution in [0.3, 0.4) is 0 Å². The van der Waals surface area contributed by atoms with Crippen LogP contribution in [-0.4, -0.2) is 31.6 Å². The molecule has 2 nitrogen and oxygen atoms in total. The Morgan fingerprint density at radius 1 is 1.50 bits per heavy atom. The predicted molar refractivity (Wildman–Crippen MR) is 43.4 cm³/mol. The quantitative estimate of drug-likeness (QED) is 0.531. The standard InChI is InChI=1S/C8H15N2/c1-9-7-8-3-5-10(2)6-4-8/h1,8H,3-7H2,2H3/q+1. The van der Waals surface area contributed by atoms with Crippen LogP contribution in [0.15, 0.2) is 0 Å². The largest absolute Gasteiger partial charge is 0.306 e. The van der Waals surface area contributed by atoms with Crippen LogP contribution in [-0.2, 0) is 0 Å². The Morgan fingerprint density at radius 3 is 2.60 bits per heavy atom. The SMILES string of the molecule is C#[N+]CC1CCN(C)CC1. The van der Waals surface area contributed by atoms with Crippen molar-refractivity contribution < 1.29 is 0 Å². The molecule has 0 radical (unpaired) electrons. The Balaban J connectivity index is 2.21. The molecule has 0 unspecified atom stereocenters. The second-order valence-electron chi connectivity index (χ2n) is 3.11. The third-order valence-electron chi connectivity index (χ3n) is 2.20. The highest BCUT2D eigenvalue weighted by atomic mass is 15.1. The molecular formula is C8H15N2+. The second-order valence-corrected chi connectivity index (χ2v) is 3.11. The van der Waals surface area contributed by atoms with Gasteiger partial charge in [-0.15, -0.1) is 0 Å². The zero-order chi connectivity index (χ0) is 7.40. The van der Waals surface area contributed by atoms with Gasteiger partial charge < -0.3 is 4.90 Å².